The van der Waals surface area contributed by atoms with Gasteiger partial charge in [0.05, 0.1) is 29.0 Å². The number of anilines is 1. The number of carbonyl (C=O) groups excluding carboxylic acids is 1. The summed E-state index contributed by atoms with van der Waals surface area (Å²) in [6, 6.07) is 11.7. The van der Waals surface area contributed by atoms with E-state index in [9.17, 15) is 18.0 Å². The Labute approximate surface area is 194 Å². The van der Waals surface area contributed by atoms with Gasteiger partial charge in [0.2, 0.25) is 5.91 Å². The number of fused-ring (bicyclic) bond motifs is 1. The van der Waals surface area contributed by atoms with E-state index in [-0.39, 0.29) is 11.8 Å². The zero-order valence-electron chi connectivity index (χ0n) is 18.6. The molecule has 2 N–H and O–H groups in total. The lowest BCUT2D eigenvalue weighted by molar-refractivity contribution is -0.137. The maximum atomic E-state index is 13.1. The largest absolute Gasteiger partial charge is 0.416 e. The molecule has 3 heterocycles. The van der Waals surface area contributed by atoms with Crippen LogP contribution in [0.25, 0.3) is 16.6 Å². The number of halogens is 3. The number of aromatic nitrogens is 3. The van der Waals surface area contributed by atoms with Crippen LogP contribution in [0.2, 0.25) is 0 Å². The smallest absolute Gasteiger partial charge is 0.370 e. The normalized spacial score (nSPS) is 14.4. The van der Waals surface area contributed by atoms with Crippen molar-refractivity contribution in [1.82, 2.24) is 19.9 Å². The van der Waals surface area contributed by atoms with Gasteiger partial charge in [-0.1, -0.05) is 6.07 Å². The number of hydrogen-bond acceptors (Lipinski definition) is 3. The number of nitrogens with one attached hydrogen (secondary N) is 2. The summed E-state index contributed by atoms with van der Waals surface area (Å²) >= 11 is 0. The third-order valence-corrected chi connectivity index (χ3v) is 6.29. The molecule has 6 nitrogen and oxygen atoms in total. The number of amides is 1. The number of hydrogen-bond donors (Lipinski definition) is 2. The lowest BCUT2D eigenvalue weighted by Gasteiger charge is -2.40. The number of imidazole rings is 1. The van der Waals surface area contributed by atoms with Crippen molar-refractivity contribution in [3.63, 3.8) is 0 Å². The molecule has 0 bridgehead atoms. The molecule has 2 aromatic heterocycles. The van der Waals surface area contributed by atoms with Gasteiger partial charge < -0.3 is 19.8 Å². The molecule has 0 spiro atoms. The van der Waals surface area contributed by atoms with Crippen LogP contribution in [-0.4, -0.2) is 40.1 Å². The highest BCUT2D eigenvalue weighted by Crippen LogP contribution is 2.34. The van der Waals surface area contributed by atoms with E-state index in [1.165, 1.54) is 12.1 Å². The zero-order valence-corrected chi connectivity index (χ0v) is 18.6. The summed E-state index contributed by atoms with van der Waals surface area (Å²) < 4.78 is 41.3. The quantitative estimate of drug-likeness (QED) is 0.440. The van der Waals surface area contributed by atoms with Gasteiger partial charge in [0.25, 0.3) is 0 Å². The number of benzene rings is 2. The highest BCUT2D eigenvalue weighted by molar-refractivity contribution is 5.86. The van der Waals surface area contributed by atoms with Crippen LogP contribution in [0.1, 0.15) is 16.8 Å². The molecule has 5 rings (SSSR count). The molecule has 1 fully saturated rings. The Balaban J connectivity index is 1.27. The monoisotopic (exact) mass is 467 g/mol. The van der Waals surface area contributed by atoms with Crippen molar-refractivity contribution >= 4 is 22.5 Å². The van der Waals surface area contributed by atoms with E-state index in [1.54, 1.807) is 6.33 Å². The molecule has 0 radical (unpaired) electrons. The first-order chi connectivity index (χ1) is 16.3. The van der Waals surface area contributed by atoms with E-state index in [2.05, 4.69) is 20.2 Å². The number of alkyl halides is 3. The third-order valence-electron chi connectivity index (χ3n) is 6.29. The topological polar surface area (TPSA) is 66.0 Å². The maximum Gasteiger partial charge on any atom is 0.416 e. The van der Waals surface area contributed by atoms with Crippen LogP contribution in [0, 0.1) is 12.8 Å². The summed E-state index contributed by atoms with van der Waals surface area (Å²) in [7, 11) is 0. The lowest BCUT2D eigenvalue weighted by Crippen LogP contribution is -2.54. The van der Waals surface area contributed by atoms with Gasteiger partial charge in [-0.2, -0.15) is 13.2 Å². The highest BCUT2D eigenvalue weighted by atomic mass is 19.4. The molecule has 176 valence electrons. The molecule has 1 aliphatic heterocycles. The van der Waals surface area contributed by atoms with Crippen molar-refractivity contribution in [2.24, 2.45) is 5.92 Å². The Kier molecular flexibility index (Phi) is 5.55. The average Bonchev–Trinajstić information content (AvgIpc) is 3.40. The van der Waals surface area contributed by atoms with Gasteiger partial charge in [0.15, 0.2) is 0 Å². The fourth-order valence-corrected chi connectivity index (χ4v) is 4.37. The van der Waals surface area contributed by atoms with Crippen LogP contribution in [0.5, 0.6) is 0 Å². The molecule has 0 aliphatic carbocycles. The van der Waals surface area contributed by atoms with E-state index >= 15 is 0 Å². The van der Waals surface area contributed by atoms with Gasteiger partial charge in [-0.05, 0) is 48.9 Å². The molecule has 1 amide bonds. The molecular formula is C25H24F3N5O. The standard InChI is InChI=1S/C25H24F3N5O/c1-16-12-33(23-6-5-18(9-22(16)23)25(26,27)28)21-4-2-3-20(10-21)32-13-17(14-32)24(34)30-8-7-19-11-29-15-31-19/h2-6,9-12,15,17H,7-8,13-14H2,1H3,(H,29,31)(H,30,34). The Morgan fingerprint density at radius 1 is 1.18 bits per heavy atom. The Hall–Kier alpha value is -3.75. The molecule has 9 heteroatoms. The third kappa shape index (κ3) is 4.25. The van der Waals surface area contributed by atoms with Gasteiger partial charge in [-0.15, -0.1) is 0 Å². The molecule has 0 unspecified atom stereocenters. The van der Waals surface area contributed by atoms with Crippen molar-refractivity contribution in [2.45, 2.75) is 19.5 Å². The minimum absolute atomic E-state index is 0.0374. The number of aryl methyl sites for hydroxylation is 1. The number of H-pyrrole nitrogens is 1. The SMILES string of the molecule is Cc1cn(-c2cccc(N3CC(C(=O)NCCc4c[nH]cn4)C3)c2)c2ccc(C(F)(F)F)cc12. The molecule has 0 saturated carbocycles. The summed E-state index contributed by atoms with van der Waals surface area (Å²) in [6.07, 6.45) is 1.60. The number of rotatable bonds is 6. The van der Waals surface area contributed by atoms with E-state index < -0.39 is 11.7 Å². The van der Waals surface area contributed by atoms with Crippen molar-refractivity contribution < 1.29 is 18.0 Å². The molecule has 34 heavy (non-hydrogen) atoms. The second-order valence-electron chi connectivity index (χ2n) is 8.64. The zero-order chi connectivity index (χ0) is 23.9. The minimum Gasteiger partial charge on any atom is -0.370 e. The van der Waals surface area contributed by atoms with Crippen LogP contribution in [0.15, 0.2) is 61.2 Å². The molecular weight excluding hydrogens is 443 g/mol. The van der Waals surface area contributed by atoms with E-state index in [0.29, 0.717) is 31.4 Å². The lowest BCUT2D eigenvalue weighted by atomic mass is 9.98. The molecule has 1 aliphatic rings. The second kappa shape index (κ2) is 8.55. The molecule has 2 aromatic carbocycles. The van der Waals surface area contributed by atoms with Gasteiger partial charge in [0.1, 0.15) is 0 Å². The maximum absolute atomic E-state index is 13.1. The molecule has 4 aromatic rings. The molecule has 0 atom stereocenters. The van der Waals surface area contributed by atoms with Gasteiger partial charge >= 0.3 is 6.18 Å². The van der Waals surface area contributed by atoms with Gasteiger partial charge in [-0.3, -0.25) is 4.79 Å². The Morgan fingerprint density at radius 3 is 2.71 bits per heavy atom. The van der Waals surface area contributed by atoms with Gasteiger partial charge in [0, 0.05) is 55.2 Å². The van der Waals surface area contributed by atoms with Gasteiger partial charge in [-0.25, -0.2) is 4.98 Å². The fourth-order valence-electron chi connectivity index (χ4n) is 4.37. The van der Waals surface area contributed by atoms with Crippen molar-refractivity contribution in [3.05, 3.63) is 78.0 Å². The van der Waals surface area contributed by atoms with Crippen LogP contribution >= 0.6 is 0 Å². The van der Waals surface area contributed by atoms with E-state index in [0.717, 1.165) is 34.2 Å². The summed E-state index contributed by atoms with van der Waals surface area (Å²) in [5, 5.41) is 3.55. The summed E-state index contributed by atoms with van der Waals surface area (Å²) in [6.45, 7) is 3.61. The van der Waals surface area contributed by atoms with E-state index in [1.807, 2.05) is 48.1 Å². The number of carbonyl (C=O) groups is 1. The Bertz CT molecular complexity index is 1320. The van der Waals surface area contributed by atoms with Crippen molar-refractivity contribution in [3.8, 4) is 5.69 Å². The first-order valence-corrected chi connectivity index (χ1v) is 11.1. The van der Waals surface area contributed by atoms with E-state index in [4.69, 9.17) is 0 Å². The predicted octanol–water partition coefficient (Wildman–Crippen LogP) is 4.48. The first kappa shape index (κ1) is 22.1. The van der Waals surface area contributed by atoms with Crippen LogP contribution < -0.4 is 10.2 Å². The Morgan fingerprint density at radius 2 is 1.97 bits per heavy atom. The number of aromatic amines is 1. The minimum atomic E-state index is -4.37. The number of nitrogens with zero attached hydrogens (tertiary/aromatic N) is 3. The van der Waals surface area contributed by atoms with Crippen LogP contribution in [-0.2, 0) is 17.4 Å². The summed E-state index contributed by atoms with van der Waals surface area (Å²) in [5.41, 5.74) is 3.60. The summed E-state index contributed by atoms with van der Waals surface area (Å²) in [4.78, 5) is 21.6. The summed E-state index contributed by atoms with van der Waals surface area (Å²) in [5.74, 6) is -0.0336. The highest BCUT2D eigenvalue weighted by Gasteiger charge is 2.33. The molecule has 1 saturated heterocycles. The fraction of sp³-hybridized carbons (Fsp3) is 0.280. The van der Waals surface area contributed by atoms with Crippen molar-refractivity contribution in [2.75, 3.05) is 24.5 Å². The van der Waals surface area contributed by atoms with Crippen LogP contribution in [0.4, 0.5) is 18.9 Å². The second-order valence-corrected chi connectivity index (χ2v) is 8.64. The first-order valence-electron chi connectivity index (χ1n) is 11.1. The predicted molar refractivity (Wildman–Crippen MR) is 124 cm³/mol. The van der Waals surface area contributed by atoms with Crippen LogP contribution in [0.3, 0.4) is 0 Å². The van der Waals surface area contributed by atoms with Crippen molar-refractivity contribution in [1.29, 1.82) is 0 Å². The average molecular weight is 467 g/mol.